The van der Waals surface area contributed by atoms with E-state index >= 15 is 0 Å². The van der Waals surface area contributed by atoms with Gasteiger partial charge in [0.25, 0.3) is 0 Å². The first-order valence-corrected chi connectivity index (χ1v) is 10.2. The lowest BCUT2D eigenvalue weighted by molar-refractivity contribution is -0.122. The van der Waals surface area contributed by atoms with Gasteiger partial charge >= 0.3 is 0 Å². The minimum atomic E-state index is -0.492. The number of amides is 2. The molecule has 28 heavy (non-hydrogen) atoms. The zero-order chi connectivity index (χ0) is 19.0. The Morgan fingerprint density at radius 1 is 0.964 bits per heavy atom. The average Bonchev–Trinajstić information content (AvgIpc) is 3.26. The molecule has 0 aromatic heterocycles. The van der Waals surface area contributed by atoms with E-state index in [1.165, 1.54) is 18.2 Å². The van der Waals surface area contributed by atoms with Gasteiger partial charge in [-0.2, -0.15) is 0 Å². The fourth-order valence-electron chi connectivity index (χ4n) is 5.25. The first kappa shape index (κ1) is 21.1. The number of hydrogen-bond acceptors (Lipinski definition) is 3. The summed E-state index contributed by atoms with van der Waals surface area (Å²) >= 11 is 0. The van der Waals surface area contributed by atoms with Crippen LogP contribution in [0.1, 0.15) is 51.4 Å². The van der Waals surface area contributed by atoms with E-state index < -0.39 is 5.82 Å². The first-order valence-electron chi connectivity index (χ1n) is 10.2. The molecule has 2 amide bonds. The number of hydrogen-bond donors (Lipinski definition) is 3. The maximum absolute atomic E-state index is 14.2. The fraction of sp³-hybridized carbons (Fsp3) is 0.619. The lowest BCUT2D eigenvalue weighted by Crippen LogP contribution is -2.42. The summed E-state index contributed by atoms with van der Waals surface area (Å²) in [5.41, 5.74) is 6.86. The summed E-state index contributed by atoms with van der Waals surface area (Å²) in [6.45, 7) is 0. The molecule has 5 nitrogen and oxygen atoms in total. The number of rotatable bonds is 4. The molecule has 0 saturated heterocycles. The molecule has 1 aromatic carbocycles. The van der Waals surface area contributed by atoms with Crippen LogP contribution in [-0.2, 0) is 9.59 Å². The van der Waals surface area contributed by atoms with E-state index in [0.717, 1.165) is 51.4 Å². The van der Waals surface area contributed by atoms with Crippen molar-refractivity contribution in [3.63, 3.8) is 0 Å². The molecular formula is C21H29ClFN3O2. The van der Waals surface area contributed by atoms with Crippen LogP contribution in [-0.4, -0.2) is 17.9 Å². The van der Waals surface area contributed by atoms with Gasteiger partial charge in [0.05, 0.1) is 11.6 Å². The predicted molar refractivity (Wildman–Crippen MR) is 110 cm³/mol. The number of carbonyl (C=O) groups excluding carboxylic acids is 2. The lowest BCUT2D eigenvalue weighted by atomic mass is 9.84. The maximum atomic E-state index is 14.2. The summed E-state index contributed by atoms with van der Waals surface area (Å²) in [5.74, 6) is -0.135. The van der Waals surface area contributed by atoms with Gasteiger partial charge in [0, 0.05) is 17.6 Å². The largest absolute Gasteiger partial charge is 0.327 e. The van der Waals surface area contributed by atoms with Crippen LogP contribution in [0.5, 0.6) is 0 Å². The molecule has 0 aliphatic heterocycles. The van der Waals surface area contributed by atoms with Crippen LogP contribution in [0.3, 0.4) is 0 Å². The number of carbonyl (C=O) groups is 2. The Hall–Kier alpha value is -1.66. The lowest BCUT2D eigenvalue weighted by Gasteiger charge is -2.27. The molecule has 0 heterocycles. The molecule has 3 aliphatic rings. The quantitative estimate of drug-likeness (QED) is 0.700. The summed E-state index contributed by atoms with van der Waals surface area (Å²) in [5, 5.41) is 5.59. The average molecular weight is 410 g/mol. The van der Waals surface area contributed by atoms with Crippen LogP contribution in [0.25, 0.3) is 0 Å². The fourth-order valence-corrected chi connectivity index (χ4v) is 5.25. The van der Waals surface area contributed by atoms with Crippen molar-refractivity contribution in [2.24, 2.45) is 29.4 Å². The highest BCUT2D eigenvalue weighted by Crippen LogP contribution is 2.48. The molecular weight excluding hydrogens is 381 g/mol. The van der Waals surface area contributed by atoms with E-state index in [1.807, 2.05) is 0 Å². The summed E-state index contributed by atoms with van der Waals surface area (Å²) in [4.78, 5) is 25.1. The SMILES string of the molecule is Cl.NC1C2CCC(C2)C1C(=O)Nc1ccc(F)c(NC(=O)C2CCCCC2)c1. The van der Waals surface area contributed by atoms with Crippen LogP contribution in [0.15, 0.2) is 18.2 Å². The normalized spacial score (nSPS) is 29.2. The Labute approximate surface area is 171 Å². The number of halogens is 2. The monoisotopic (exact) mass is 409 g/mol. The standard InChI is InChI=1S/C21H28FN3O2.ClH/c22-16-9-8-15(11-17(16)25-20(26)12-4-2-1-3-5-12)24-21(27)18-13-6-7-14(10-13)19(18)23;/h8-9,11-14,18-19H,1-7,10,23H2,(H,24,27)(H,25,26);1H. The van der Waals surface area contributed by atoms with Gasteiger partial charge < -0.3 is 16.4 Å². The third-order valence-electron chi connectivity index (χ3n) is 6.75. The second-order valence-electron chi connectivity index (χ2n) is 8.44. The first-order chi connectivity index (χ1) is 13.0. The van der Waals surface area contributed by atoms with E-state index in [9.17, 15) is 14.0 Å². The molecule has 4 unspecified atom stereocenters. The smallest absolute Gasteiger partial charge is 0.229 e. The van der Waals surface area contributed by atoms with Crippen LogP contribution in [0.2, 0.25) is 0 Å². The van der Waals surface area contributed by atoms with Gasteiger partial charge in [-0.1, -0.05) is 19.3 Å². The molecule has 4 N–H and O–H groups in total. The highest BCUT2D eigenvalue weighted by atomic mass is 35.5. The van der Waals surface area contributed by atoms with Gasteiger partial charge in [-0.15, -0.1) is 12.4 Å². The summed E-state index contributed by atoms with van der Waals surface area (Å²) in [6, 6.07) is 4.23. The van der Waals surface area contributed by atoms with E-state index in [-0.39, 0.29) is 47.8 Å². The highest BCUT2D eigenvalue weighted by Gasteiger charge is 2.49. The van der Waals surface area contributed by atoms with Gasteiger partial charge in [-0.3, -0.25) is 9.59 Å². The van der Waals surface area contributed by atoms with Crippen LogP contribution >= 0.6 is 12.4 Å². The van der Waals surface area contributed by atoms with Crippen molar-refractivity contribution in [2.75, 3.05) is 10.6 Å². The number of nitrogens with one attached hydrogen (secondary N) is 2. The van der Waals surface area contributed by atoms with Crippen LogP contribution in [0, 0.1) is 29.5 Å². The van der Waals surface area contributed by atoms with Crippen molar-refractivity contribution in [1.82, 2.24) is 0 Å². The van der Waals surface area contributed by atoms with Gasteiger partial charge in [-0.05, 0) is 62.1 Å². The van der Waals surface area contributed by atoms with Gasteiger partial charge in [0.2, 0.25) is 11.8 Å². The molecule has 0 spiro atoms. The summed E-state index contributed by atoms with van der Waals surface area (Å²) in [7, 11) is 0. The number of benzene rings is 1. The molecule has 3 aliphatic carbocycles. The van der Waals surface area contributed by atoms with Crippen molar-refractivity contribution in [3.05, 3.63) is 24.0 Å². The summed E-state index contributed by atoms with van der Waals surface area (Å²) < 4.78 is 14.2. The van der Waals surface area contributed by atoms with Crippen molar-refractivity contribution >= 4 is 35.6 Å². The zero-order valence-electron chi connectivity index (χ0n) is 16.0. The molecule has 1 aromatic rings. The van der Waals surface area contributed by atoms with Gasteiger partial charge in [-0.25, -0.2) is 4.39 Å². The molecule has 4 rings (SSSR count). The molecule has 3 saturated carbocycles. The second-order valence-corrected chi connectivity index (χ2v) is 8.44. The Bertz CT molecular complexity index is 736. The van der Waals surface area contributed by atoms with Crippen LogP contribution < -0.4 is 16.4 Å². The molecule has 154 valence electrons. The Morgan fingerprint density at radius 2 is 1.68 bits per heavy atom. The number of nitrogens with two attached hydrogens (primary N) is 1. The van der Waals surface area contributed by atoms with Crippen molar-refractivity contribution in [2.45, 2.75) is 57.4 Å². The van der Waals surface area contributed by atoms with E-state index in [0.29, 0.717) is 17.5 Å². The Kier molecular flexibility index (Phi) is 6.61. The van der Waals surface area contributed by atoms with Crippen molar-refractivity contribution in [1.29, 1.82) is 0 Å². The second kappa shape index (κ2) is 8.78. The molecule has 3 fully saturated rings. The highest BCUT2D eigenvalue weighted by molar-refractivity contribution is 5.96. The molecule has 0 radical (unpaired) electrons. The number of anilines is 2. The minimum absolute atomic E-state index is 0. The van der Waals surface area contributed by atoms with Gasteiger partial charge in [0.1, 0.15) is 5.82 Å². The summed E-state index contributed by atoms with van der Waals surface area (Å²) in [6.07, 6.45) is 8.15. The van der Waals surface area contributed by atoms with Gasteiger partial charge in [0.15, 0.2) is 0 Å². The Balaban J connectivity index is 0.00000225. The third kappa shape index (κ3) is 4.18. The Morgan fingerprint density at radius 3 is 2.36 bits per heavy atom. The third-order valence-corrected chi connectivity index (χ3v) is 6.75. The molecule has 7 heteroatoms. The predicted octanol–water partition coefficient (Wildman–Crippen LogP) is 4.08. The van der Waals surface area contributed by atoms with E-state index in [1.54, 1.807) is 0 Å². The molecule has 4 atom stereocenters. The van der Waals surface area contributed by atoms with Crippen molar-refractivity contribution in [3.8, 4) is 0 Å². The van der Waals surface area contributed by atoms with Crippen LogP contribution in [0.4, 0.5) is 15.8 Å². The maximum Gasteiger partial charge on any atom is 0.229 e. The molecule has 2 bridgehead atoms. The zero-order valence-corrected chi connectivity index (χ0v) is 16.8. The van der Waals surface area contributed by atoms with E-state index in [2.05, 4.69) is 10.6 Å². The van der Waals surface area contributed by atoms with E-state index in [4.69, 9.17) is 5.73 Å². The van der Waals surface area contributed by atoms with Crippen molar-refractivity contribution < 1.29 is 14.0 Å². The number of fused-ring (bicyclic) bond motifs is 2. The topological polar surface area (TPSA) is 84.2 Å². The minimum Gasteiger partial charge on any atom is -0.327 e.